The van der Waals surface area contributed by atoms with Crippen molar-refractivity contribution in [3.8, 4) is 5.75 Å². The van der Waals surface area contributed by atoms with E-state index in [0.29, 0.717) is 12.0 Å². The van der Waals surface area contributed by atoms with Crippen LogP contribution in [0, 0.1) is 0 Å². The van der Waals surface area contributed by atoms with Crippen molar-refractivity contribution in [1.82, 2.24) is 4.57 Å². The predicted octanol–water partition coefficient (Wildman–Crippen LogP) is 7.05. The van der Waals surface area contributed by atoms with Crippen LogP contribution in [0.1, 0.15) is 49.1 Å². The second kappa shape index (κ2) is 5.69. The van der Waals surface area contributed by atoms with Crippen molar-refractivity contribution in [2.75, 3.05) is 0 Å². The van der Waals surface area contributed by atoms with Crippen molar-refractivity contribution >= 4 is 38.9 Å². The van der Waals surface area contributed by atoms with E-state index < -0.39 is 0 Å². The fourth-order valence-corrected chi connectivity index (χ4v) is 5.60. The molecule has 2 aromatic carbocycles. The number of nitrogens with zero attached hydrogens (tertiary/aromatic N) is 1. The Morgan fingerprint density at radius 1 is 1.03 bits per heavy atom. The third-order valence-corrected chi connectivity index (χ3v) is 6.91. The highest BCUT2D eigenvalue weighted by Crippen LogP contribution is 2.49. The van der Waals surface area contributed by atoms with Gasteiger partial charge in [0.1, 0.15) is 23.2 Å². The first kappa shape index (κ1) is 16.6. The molecule has 2 unspecified atom stereocenters. The lowest BCUT2D eigenvalue weighted by Crippen LogP contribution is -2.15. The Morgan fingerprint density at radius 2 is 1.93 bits per heavy atom. The van der Waals surface area contributed by atoms with E-state index in [4.69, 9.17) is 9.15 Å². The summed E-state index contributed by atoms with van der Waals surface area (Å²) in [6, 6.07) is 9.44. The van der Waals surface area contributed by atoms with Crippen LogP contribution in [0.3, 0.4) is 0 Å². The van der Waals surface area contributed by atoms with Crippen LogP contribution in [0.25, 0.3) is 38.9 Å². The molecule has 0 amide bonds. The van der Waals surface area contributed by atoms with Crippen LogP contribution in [-0.4, -0.2) is 10.7 Å². The third-order valence-electron chi connectivity index (χ3n) is 6.91. The fraction of sp³-hybridized carbons (Fsp3) is 0.259. The van der Waals surface area contributed by atoms with E-state index in [1.54, 1.807) is 0 Å². The number of ether oxygens (including phenoxy) is 1. The summed E-state index contributed by atoms with van der Waals surface area (Å²) < 4.78 is 15.3. The molecule has 3 heteroatoms. The summed E-state index contributed by atoms with van der Waals surface area (Å²) >= 11 is 0. The summed E-state index contributed by atoms with van der Waals surface area (Å²) in [5.74, 6) is 2.47. The van der Waals surface area contributed by atoms with Crippen LogP contribution in [-0.2, 0) is 6.42 Å². The maximum absolute atomic E-state index is 6.52. The van der Waals surface area contributed by atoms with E-state index in [1.807, 2.05) is 0 Å². The van der Waals surface area contributed by atoms with Gasteiger partial charge in [0.2, 0.25) is 0 Å². The normalized spacial score (nSPS) is 21.6. The number of rotatable bonds is 1. The summed E-state index contributed by atoms with van der Waals surface area (Å²) in [5.41, 5.74) is 6.00. The van der Waals surface area contributed by atoms with Gasteiger partial charge in [-0.25, -0.2) is 0 Å². The zero-order valence-electron chi connectivity index (χ0n) is 17.2. The monoisotopic (exact) mass is 393 g/mol. The molecule has 0 N–H and O–H groups in total. The fourth-order valence-electron chi connectivity index (χ4n) is 5.60. The molecule has 1 aliphatic heterocycles. The van der Waals surface area contributed by atoms with Gasteiger partial charge >= 0.3 is 0 Å². The van der Waals surface area contributed by atoms with Crippen LogP contribution >= 0.6 is 0 Å². The Labute approximate surface area is 174 Å². The van der Waals surface area contributed by atoms with Gasteiger partial charge in [0, 0.05) is 45.7 Å². The van der Waals surface area contributed by atoms with Gasteiger partial charge in [-0.15, -0.1) is 0 Å². The summed E-state index contributed by atoms with van der Waals surface area (Å²) in [6.07, 6.45) is 15.3. The molecule has 0 fully saturated rings. The molecule has 2 atom stereocenters. The van der Waals surface area contributed by atoms with Gasteiger partial charge in [-0.1, -0.05) is 42.5 Å². The van der Waals surface area contributed by atoms with Crippen LogP contribution in [0.4, 0.5) is 0 Å². The molecule has 0 saturated carbocycles. The van der Waals surface area contributed by atoms with Crippen LogP contribution in [0.2, 0.25) is 0 Å². The summed E-state index contributed by atoms with van der Waals surface area (Å²) in [6.45, 7) is 4.52. The minimum absolute atomic E-state index is 0.0997. The van der Waals surface area contributed by atoms with Crippen molar-refractivity contribution in [3.63, 3.8) is 0 Å². The first-order valence-corrected chi connectivity index (χ1v) is 10.9. The zero-order chi connectivity index (χ0) is 20.0. The molecule has 0 saturated heterocycles. The lowest BCUT2D eigenvalue weighted by Gasteiger charge is -2.15. The third kappa shape index (κ3) is 2.00. The van der Waals surface area contributed by atoms with Gasteiger partial charge < -0.3 is 13.7 Å². The maximum atomic E-state index is 6.52. The van der Waals surface area contributed by atoms with E-state index in [1.165, 1.54) is 38.3 Å². The lowest BCUT2D eigenvalue weighted by molar-refractivity contribution is 0.270. The molecule has 2 aliphatic carbocycles. The van der Waals surface area contributed by atoms with Gasteiger partial charge in [0.25, 0.3) is 0 Å². The van der Waals surface area contributed by atoms with E-state index in [0.717, 1.165) is 29.9 Å². The molecule has 4 aromatic rings. The highest BCUT2D eigenvalue weighted by atomic mass is 16.5. The minimum atomic E-state index is 0.0997. The first-order chi connectivity index (χ1) is 14.7. The second-order valence-electron chi connectivity index (χ2n) is 8.97. The second-order valence-corrected chi connectivity index (χ2v) is 8.97. The molecule has 30 heavy (non-hydrogen) atoms. The Balaban J connectivity index is 1.60. The number of hydrogen-bond donors (Lipinski definition) is 0. The Morgan fingerprint density at radius 3 is 2.83 bits per heavy atom. The van der Waals surface area contributed by atoms with E-state index in [2.05, 4.69) is 79.1 Å². The molecule has 0 bridgehead atoms. The smallest absolute Gasteiger partial charge is 0.148 e. The average Bonchev–Trinajstić information content (AvgIpc) is 3.41. The van der Waals surface area contributed by atoms with Crippen molar-refractivity contribution in [2.24, 2.45) is 0 Å². The summed E-state index contributed by atoms with van der Waals surface area (Å²) in [7, 11) is 0. The standard InChI is InChI=1S/C27H23NO2/c1-15(2)28-22-13-21-17-8-4-5-9-23(17)29-25(21)14-20(22)18-11-12-19-16-7-3-6-10-24(16)30-27(19)26(18)28/h3-4,6-8,10-16,24H,5,9H2,1-2H3. The van der Waals surface area contributed by atoms with Gasteiger partial charge in [-0.2, -0.15) is 0 Å². The van der Waals surface area contributed by atoms with Gasteiger partial charge in [-0.3, -0.25) is 0 Å². The molecule has 2 aromatic heterocycles. The number of furan rings is 1. The average molecular weight is 393 g/mol. The highest BCUT2D eigenvalue weighted by Gasteiger charge is 2.35. The number of aryl methyl sites for hydroxylation is 1. The maximum Gasteiger partial charge on any atom is 0.148 e. The lowest BCUT2D eigenvalue weighted by atomic mass is 9.91. The van der Waals surface area contributed by atoms with E-state index in [-0.39, 0.29) is 6.10 Å². The van der Waals surface area contributed by atoms with E-state index in [9.17, 15) is 0 Å². The molecule has 0 spiro atoms. The molecule has 148 valence electrons. The Bertz CT molecular complexity index is 1460. The van der Waals surface area contributed by atoms with Crippen molar-refractivity contribution in [3.05, 3.63) is 71.5 Å². The molecule has 0 radical (unpaired) electrons. The first-order valence-electron chi connectivity index (χ1n) is 10.9. The van der Waals surface area contributed by atoms with Crippen molar-refractivity contribution in [1.29, 1.82) is 0 Å². The number of aromatic nitrogens is 1. The Hall–Kier alpha value is -3.20. The van der Waals surface area contributed by atoms with Crippen LogP contribution in [0.15, 0.2) is 59.1 Å². The molecular weight excluding hydrogens is 370 g/mol. The quantitative estimate of drug-likeness (QED) is 0.346. The SMILES string of the molecule is CC(C)n1c2cc3c4c(oc3cc2c2ccc3c(c21)OC1C=CC=CC31)CCC=C4. The van der Waals surface area contributed by atoms with E-state index >= 15 is 0 Å². The summed E-state index contributed by atoms with van der Waals surface area (Å²) in [4.78, 5) is 0. The largest absolute Gasteiger partial charge is 0.483 e. The molecular formula is C27H23NO2. The summed E-state index contributed by atoms with van der Waals surface area (Å²) in [5, 5.41) is 3.71. The minimum Gasteiger partial charge on any atom is -0.483 e. The van der Waals surface area contributed by atoms with Crippen LogP contribution < -0.4 is 4.74 Å². The number of allylic oxidation sites excluding steroid dienone is 3. The molecule has 7 rings (SSSR count). The molecule has 3 heterocycles. The topological polar surface area (TPSA) is 27.3 Å². The van der Waals surface area contributed by atoms with Gasteiger partial charge in [0.15, 0.2) is 0 Å². The predicted molar refractivity (Wildman–Crippen MR) is 122 cm³/mol. The van der Waals surface area contributed by atoms with Crippen molar-refractivity contribution < 1.29 is 9.15 Å². The van der Waals surface area contributed by atoms with Gasteiger partial charge in [-0.05, 0) is 38.5 Å². The van der Waals surface area contributed by atoms with Gasteiger partial charge in [0.05, 0.1) is 11.0 Å². The molecule has 3 nitrogen and oxygen atoms in total. The van der Waals surface area contributed by atoms with Crippen molar-refractivity contribution in [2.45, 2.75) is 44.8 Å². The number of benzene rings is 2. The van der Waals surface area contributed by atoms with Crippen LogP contribution in [0.5, 0.6) is 5.75 Å². The number of fused-ring (bicyclic) bond motifs is 10. The zero-order valence-corrected chi connectivity index (χ0v) is 17.2. The molecule has 3 aliphatic rings. The highest BCUT2D eigenvalue weighted by molar-refractivity contribution is 6.15. The number of hydrogen-bond acceptors (Lipinski definition) is 2. The Kier molecular flexibility index (Phi) is 3.15.